The average molecular weight is 490 g/mol. The molecule has 0 spiro atoms. The van der Waals surface area contributed by atoms with Gasteiger partial charge in [0.1, 0.15) is 5.82 Å². The summed E-state index contributed by atoms with van der Waals surface area (Å²) in [6.07, 6.45) is 8.40. The van der Waals surface area contributed by atoms with Gasteiger partial charge in [0.05, 0.1) is 11.4 Å². The Hall–Kier alpha value is -4.59. The molecule has 8 heteroatoms. The molecule has 4 aromatic heterocycles. The van der Waals surface area contributed by atoms with E-state index in [0.29, 0.717) is 24.4 Å². The molecular weight excluding hydrogens is 462 g/mol. The molecule has 0 atom stereocenters. The van der Waals surface area contributed by atoms with Gasteiger partial charge in [-0.3, -0.25) is 14.8 Å². The van der Waals surface area contributed by atoms with Gasteiger partial charge < -0.3 is 10.2 Å². The molecule has 1 aromatic carbocycles. The van der Waals surface area contributed by atoms with Crippen LogP contribution in [0.2, 0.25) is 0 Å². The second kappa shape index (κ2) is 9.81. The molecule has 1 aliphatic carbocycles. The van der Waals surface area contributed by atoms with Crippen molar-refractivity contribution < 1.29 is 4.79 Å². The van der Waals surface area contributed by atoms with E-state index in [0.717, 1.165) is 39.8 Å². The molecule has 8 nitrogen and oxygen atoms in total. The van der Waals surface area contributed by atoms with Crippen molar-refractivity contribution in [1.82, 2.24) is 29.5 Å². The zero-order valence-electron chi connectivity index (χ0n) is 20.6. The van der Waals surface area contributed by atoms with E-state index in [4.69, 9.17) is 10.1 Å². The first kappa shape index (κ1) is 22.8. The van der Waals surface area contributed by atoms with Crippen LogP contribution in [-0.2, 0) is 6.42 Å². The predicted octanol–water partition coefficient (Wildman–Crippen LogP) is 5.12. The second-order valence-corrected chi connectivity index (χ2v) is 9.38. The molecule has 5 aromatic rings. The lowest BCUT2D eigenvalue weighted by atomic mass is 10.1. The molecular formula is C29H27N7O. The highest BCUT2D eigenvalue weighted by Crippen LogP contribution is 2.40. The van der Waals surface area contributed by atoms with Gasteiger partial charge in [-0.1, -0.05) is 6.07 Å². The van der Waals surface area contributed by atoms with Gasteiger partial charge in [0.15, 0.2) is 5.65 Å². The Balaban J connectivity index is 1.22. The van der Waals surface area contributed by atoms with Crippen molar-refractivity contribution in [2.24, 2.45) is 0 Å². The van der Waals surface area contributed by atoms with Crippen LogP contribution in [0.5, 0.6) is 0 Å². The highest BCUT2D eigenvalue weighted by molar-refractivity contribution is 5.94. The topological polar surface area (TPSA) is 88.3 Å². The number of fused-ring (bicyclic) bond motifs is 1. The maximum Gasteiger partial charge on any atom is 0.253 e. The van der Waals surface area contributed by atoms with Crippen molar-refractivity contribution in [2.75, 3.05) is 18.9 Å². The summed E-state index contributed by atoms with van der Waals surface area (Å²) in [6, 6.07) is 21.3. The number of hydrogen-bond acceptors (Lipinski definition) is 6. The van der Waals surface area contributed by atoms with Crippen LogP contribution in [0, 0.1) is 0 Å². The van der Waals surface area contributed by atoms with Gasteiger partial charge in [-0.15, -0.1) is 0 Å². The summed E-state index contributed by atoms with van der Waals surface area (Å²) in [6.45, 7) is 0.602. The molecule has 37 heavy (non-hydrogen) atoms. The summed E-state index contributed by atoms with van der Waals surface area (Å²) in [5, 5.41) is 8.31. The average Bonchev–Trinajstić information content (AvgIpc) is 3.71. The molecule has 0 unspecified atom stereocenters. The minimum Gasteiger partial charge on any atom is -0.341 e. The predicted molar refractivity (Wildman–Crippen MR) is 143 cm³/mol. The Morgan fingerprint density at radius 3 is 2.65 bits per heavy atom. The maximum absolute atomic E-state index is 12.9. The summed E-state index contributed by atoms with van der Waals surface area (Å²) < 4.78 is 1.86. The number of carbonyl (C=O) groups excluding carboxylic acids is 1. The maximum atomic E-state index is 12.9. The Labute approximate surface area is 215 Å². The van der Waals surface area contributed by atoms with E-state index < -0.39 is 0 Å². The zero-order valence-corrected chi connectivity index (χ0v) is 20.6. The first-order valence-electron chi connectivity index (χ1n) is 12.5. The fourth-order valence-electron chi connectivity index (χ4n) is 4.32. The van der Waals surface area contributed by atoms with Crippen molar-refractivity contribution >= 4 is 23.1 Å². The van der Waals surface area contributed by atoms with Gasteiger partial charge in [0.2, 0.25) is 0 Å². The quantitative estimate of drug-likeness (QED) is 0.325. The van der Waals surface area contributed by atoms with E-state index in [2.05, 4.69) is 21.4 Å². The van der Waals surface area contributed by atoms with Crippen LogP contribution in [0.4, 0.5) is 11.5 Å². The Kier molecular flexibility index (Phi) is 6.06. The summed E-state index contributed by atoms with van der Waals surface area (Å²) in [4.78, 5) is 28.1. The largest absolute Gasteiger partial charge is 0.341 e. The monoisotopic (exact) mass is 489 g/mol. The summed E-state index contributed by atoms with van der Waals surface area (Å²) in [5.41, 5.74) is 6.12. The molecule has 6 rings (SSSR count). The molecule has 0 saturated heterocycles. The first-order chi connectivity index (χ1) is 18.1. The normalized spacial score (nSPS) is 13.0. The molecule has 1 fully saturated rings. The fourth-order valence-corrected chi connectivity index (χ4v) is 4.32. The van der Waals surface area contributed by atoms with Crippen LogP contribution >= 0.6 is 0 Å². The van der Waals surface area contributed by atoms with Crippen molar-refractivity contribution in [3.8, 4) is 11.3 Å². The van der Waals surface area contributed by atoms with Gasteiger partial charge in [-0.25, -0.2) is 4.98 Å². The highest BCUT2D eigenvalue weighted by atomic mass is 16.2. The lowest BCUT2D eigenvalue weighted by Crippen LogP contribution is -2.28. The third-order valence-corrected chi connectivity index (χ3v) is 6.58. The molecule has 0 bridgehead atoms. The molecule has 1 amide bonds. The van der Waals surface area contributed by atoms with E-state index >= 15 is 0 Å². The van der Waals surface area contributed by atoms with Crippen LogP contribution in [0.15, 0.2) is 85.3 Å². The number of nitrogens with zero attached hydrogens (tertiary/aromatic N) is 6. The van der Waals surface area contributed by atoms with Gasteiger partial charge >= 0.3 is 0 Å². The summed E-state index contributed by atoms with van der Waals surface area (Å²) in [5.74, 6) is 1.31. The molecule has 1 aliphatic rings. The first-order valence-corrected chi connectivity index (χ1v) is 12.5. The fraction of sp³-hybridized carbons (Fsp3) is 0.207. The van der Waals surface area contributed by atoms with Gasteiger partial charge in [0.25, 0.3) is 5.91 Å². The van der Waals surface area contributed by atoms with Crippen LogP contribution in [0.3, 0.4) is 0 Å². The van der Waals surface area contributed by atoms with Crippen LogP contribution < -0.4 is 5.32 Å². The van der Waals surface area contributed by atoms with Crippen molar-refractivity contribution in [2.45, 2.75) is 25.2 Å². The molecule has 1 N–H and O–H groups in total. The van der Waals surface area contributed by atoms with Crippen molar-refractivity contribution in [3.05, 3.63) is 102 Å². The van der Waals surface area contributed by atoms with Crippen LogP contribution in [0.1, 0.15) is 40.5 Å². The number of likely N-dealkylation sites (N-methyl/N-ethyl adjacent to an activating group) is 1. The lowest BCUT2D eigenvalue weighted by Gasteiger charge is -2.17. The number of aromatic nitrogens is 5. The number of carbonyl (C=O) groups is 1. The number of hydrogen-bond donors (Lipinski definition) is 1. The van der Waals surface area contributed by atoms with Gasteiger partial charge in [0, 0.05) is 79.2 Å². The smallest absolute Gasteiger partial charge is 0.253 e. The Bertz CT molecular complexity index is 1530. The van der Waals surface area contributed by atoms with E-state index in [1.54, 1.807) is 17.3 Å². The van der Waals surface area contributed by atoms with Crippen LogP contribution in [-0.4, -0.2) is 49.0 Å². The van der Waals surface area contributed by atoms with Gasteiger partial charge in [-0.05, 0) is 61.4 Å². The summed E-state index contributed by atoms with van der Waals surface area (Å²) in [7, 11) is 1.82. The van der Waals surface area contributed by atoms with Crippen LogP contribution in [0.25, 0.3) is 16.9 Å². The SMILES string of the molecule is CN(CCc1ccccn1)C(=O)c1ccc(Nc2cc(-c3cccnc3)nc3cc(C4CC4)nn23)cc1. The standard InChI is InChI=1S/C29H27N7O/c1-35(16-13-23-6-2-3-15-31-23)29(37)21-9-11-24(12-10-21)32-27-17-25(22-5-4-14-30-19-22)33-28-18-26(20-7-8-20)34-36(27)28/h2-6,9-12,14-15,17-20,32H,7-8,13,16H2,1H3. The highest BCUT2D eigenvalue weighted by Gasteiger charge is 2.27. The molecule has 1 saturated carbocycles. The third kappa shape index (κ3) is 5.04. The second-order valence-electron chi connectivity index (χ2n) is 9.38. The van der Waals surface area contributed by atoms with E-state index in [-0.39, 0.29) is 5.91 Å². The van der Waals surface area contributed by atoms with Gasteiger partial charge in [-0.2, -0.15) is 9.61 Å². The van der Waals surface area contributed by atoms with Crippen molar-refractivity contribution in [1.29, 1.82) is 0 Å². The number of nitrogens with one attached hydrogen (secondary N) is 1. The lowest BCUT2D eigenvalue weighted by molar-refractivity contribution is 0.0796. The number of amides is 1. The Morgan fingerprint density at radius 2 is 1.92 bits per heavy atom. The van der Waals surface area contributed by atoms with E-state index in [9.17, 15) is 4.79 Å². The number of anilines is 2. The summed E-state index contributed by atoms with van der Waals surface area (Å²) >= 11 is 0. The Morgan fingerprint density at radius 1 is 1.05 bits per heavy atom. The van der Waals surface area contributed by atoms with E-state index in [1.807, 2.05) is 78.4 Å². The van der Waals surface area contributed by atoms with E-state index in [1.165, 1.54) is 12.8 Å². The number of rotatable bonds is 8. The molecule has 0 radical (unpaired) electrons. The minimum atomic E-state index is -0.0196. The third-order valence-electron chi connectivity index (χ3n) is 6.58. The molecule has 4 heterocycles. The number of pyridine rings is 2. The minimum absolute atomic E-state index is 0.0196. The molecule has 184 valence electrons. The molecule has 0 aliphatic heterocycles. The number of benzene rings is 1. The van der Waals surface area contributed by atoms with Crippen molar-refractivity contribution in [3.63, 3.8) is 0 Å². The zero-order chi connectivity index (χ0) is 25.2.